The molecule has 0 fully saturated rings. The Hall–Kier alpha value is -3.32. The van der Waals surface area contributed by atoms with Gasteiger partial charge in [0.1, 0.15) is 0 Å². The Kier molecular flexibility index (Phi) is 3.61. The first-order valence-corrected chi connectivity index (χ1v) is 9.40. The molecule has 0 amide bonds. The molecule has 0 unspecified atom stereocenters. The minimum Gasteiger partial charge on any atom is -0.398 e. The third-order valence-electron chi connectivity index (χ3n) is 5.77. The van der Waals surface area contributed by atoms with Crippen molar-refractivity contribution in [3.05, 3.63) is 131 Å². The molecule has 0 radical (unpaired) electrons. The lowest BCUT2D eigenvalue weighted by Gasteiger charge is -2.35. The highest BCUT2D eigenvalue weighted by molar-refractivity contribution is 5.91. The molecule has 2 N–H and O–H groups in total. The Morgan fingerprint density at radius 3 is 2.04 bits per heavy atom. The molecule has 27 heavy (non-hydrogen) atoms. The lowest BCUT2D eigenvalue weighted by Crippen LogP contribution is -2.30. The fourth-order valence-corrected chi connectivity index (χ4v) is 4.75. The van der Waals surface area contributed by atoms with E-state index in [1.165, 1.54) is 33.4 Å². The summed E-state index contributed by atoms with van der Waals surface area (Å²) in [5, 5.41) is 0. The van der Waals surface area contributed by atoms with Gasteiger partial charge in [0.25, 0.3) is 0 Å². The van der Waals surface area contributed by atoms with E-state index in [-0.39, 0.29) is 5.41 Å². The zero-order valence-corrected chi connectivity index (χ0v) is 15.1. The SMILES string of the molecule is Nc1cccc2c1C(c1ccccc1)(c1ccccc1)C1=C2CC=CC=C1. The molecule has 0 heterocycles. The van der Waals surface area contributed by atoms with E-state index in [0.717, 1.165) is 12.1 Å². The molecule has 5 rings (SSSR count). The molecule has 3 aromatic carbocycles. The van der Waals surface area contributed by atoms with Gasteiger partial charge in [0.05, 0.1) is 5.41 Å². The van der Waals surface area contributed by atoms with E-state index in [2.05, 4.69) is 97.1 Å². The van der Waals surface area contributed by atoms with E-state index in [1.807, 2.05) is 6.07 Å². The van der Waals surface area contributed by atoms with Crippen LogP contribution in [0.25, 0.3) is 5.57 Å². The zero-order valence-electron chi connectivity index (χ0n) is 15.1. The molecule has 0 atom stereocenters. The van der Waals surface area contributed by atoms with Crippen molar-refractivity contribution in [2.24, 2.45) is 0 Å². The van der Waals surface area contributed by atoms with Crippen LogP contribution in [0.5, 0.6) is 0 Å². The molecule has 0 saturated carbocycles. The standard InChI is InChI=1S/C26H21N/c27-24-18-10-16-22-21-15-8-3-9-17-23(21)26(25(22)24,19-11-4-1-5-12-19)20-13-6-2-7-14-20/h1-14,16-18H,15,27H2. The van der Waals surface area contributed by atoms with Gasteiger partial charge < -0.3 is 5.73 Å². The highest BCUT2D eigenvalue weighted by Gasteiger charge is 2.47. The topological polar surface area (TPSA) is 26.0 Å². The van der Waals surface area contributed by atoms with E-state index in [0.29, 0.717) is 0 Å². The number of allylic oxidation sites excluding steroid dienone is 6. The lowest BCUT2D eigenvalue weighted by molar-refractivity contribution is 0.763. The number of benzene rings is 3. The quantitative estimate of drug-likeness (QED) is 0.575. The second-order valence-electron chi connectivity index (χ2n) is 7.14. The minimum absolute atomic E-state index is 0.388. The summed E-state index contributed by atoms with van der Waals surface area (Å²) in [6.07, 6.45) is 9.73. The summed E-state index contributed by atoms with van der Waals surface area (Å²) in [7, 11) is 0. The smallest absolute Gasteiger partial charge is 0.0730 e. The normalized spacial score (nSPS) is 16.7. The van der Waals surface area contributed by atoms with E-state index < -0.39 is 0 Å². The summed E-state index contributed by atoms with van der Waals surface area (Å²) in [5.74, 6) is 0. The van der Waals surface area contributed by atoms with Crippen molar-refractivity contribution in [2.75, 3.05) is 5.73 Å². The van der Waals surface area contributed by atoms with Crippen molar-refractivity contribution in [1.29, 1.82) is 0 Å². The Balaban J connectivity index is 1.97. The van der Waals surface area contributed by atoms with Crippen molar-refractivity contribution in [3.63, 3.8) is 0 Å². The fourth-order valence-electron chi connectivity index (χ4n) is 4.75. The number of nitrogen functional groups attached to an aromatic ring is 1. The molecule has 1 heteroatoms. The van der Waals surface area contributed by atoms with Crippen LogP contribution in [0.15, 0.2) is 109 Å². The maximum absolute atomic E-state index is 6.65. The predicted molar refractivity (Wildman–Crippen MR) is 113 cm³/mol. The van der Waals surface area contributed by atoms with Gasteiger partial charge in [0, 0.05) is 11.3 Å². The third-order valence-corrected chi connectivity index (χ3v) is 5.77. The van der Waals surface area contributed by atoms with Crippen LogP contribution in [-0.2, 0) is 5.41 Å². The summed E-state index contributed by atoms with van der Waals surface area (Å²) in [6.45, 7) is 0. The van der Waals surface area contributed by atoms with Gasteiger partial charge in [0.15, 0.2) is 0 Å². The van der Waals surface area contributed by atoms with Crippen molar-refractivity contribution in [3.8, 4) is 0 Å². The molecule has 2 aliphatic rings. The van der Waals surface area contributed by atoms with Gasteiger partial charge in [-0.25, -0.2) is 0 Å². The molecule has 0 bridgehead atoms. The molecule has 1 nitrogen and oxygen atoms in total. The number of hydrogen-bond acceptors (Lipinski definition) is 1. The van der Waals surface area contributed by atoms with Crippen molar-refractivity contribution >= 4 is 11.3 Å². The fraction of sp³-hybridized carbons (Fsp3) is 0.0769. The van der Waals surface area contributed by atoms with Crippen molar-refractivity contribution in [2.45, 2.75) is 11.8 Å². The summed E-state index contributed by atoms with van der Waals surface area (Å²) in [6, 6.07) is 27.9. The van der Waals surface area contributed by atoms with Gasteiger partial charge in [-0.2, -0.15) is 0 Å². The second-order valence-corrected chi connectivity index (χ2v) is 7.14. The first kappa shape index (κ1) is 15.9. The molecular weight excluding hydrogens is 326 g/mol. The van der Waals surface area contributed by atoms with Crippen LogP contribution in [0, 0.1) is 0 Å². The number of anilines is 1. The largest absolute Gasteiger partial charge is 0.398 e. The summed E-state index contributed by atoms with van der Waals surface area (Å²) in [4.78, 5) is 0. The van der Waals surface area contributed by atoms with E-state index in [9.17, 15) is 0 Å². The molecule has 130 valence electrons. The Morgan fingerprint density at radius 1 is 0.704 bits per heavy atom. The summed E-state index contributed by atoms with van der Waals surface area (Å²) in [5.41, 5.74) is 14.8. The average molecular weight is 347 g/mol. The van der Waals surface area contributed by atoms with Gasteiger partial charge in [-0.3, -0.25) is 0 Å². The highest BCUT2D eigenvalue weighted by Crippen LogP contribution is 2.57. The van der Waals surface area contributed by atoms with E-state index >= 15 is 0 Å². The molecular formula is C26H21N. The predicted octanol–water partition coefficient (Wildman–Crippen LogP) is 5.89. The van der Waals surface area contributed by atoms with Crippen LogP contribution >= 0.6 is 0 Å². The summed E-state index contributed by atoms with van der Waals surface area (Å²) >= 11 is 0. The van der Waals surface area contributed by atoms with Gasteiger partial charge in [-0.05, 0) is 40.3 Å². The molecule has 3 aromatic rings. The zero-order chi connectivity index (χ0) is 18.3. The molecule has 0 spiro atoms. The lowest BCUT2D eigenvalue weighted by atomic mass is 9.66. The van der Waals surface area contributed by atoms with Crippen LogP contribution < -0.4 is 5.73 Å². The molecule has 0 saturated heterocycles. The van der Waals surface area contributed by atoms with Crippen LogP contribution in [0.1, 0.15) is 28.7 Å². The number of fused-ring (bicyclic) bond motifs is 2. The third kappa shape index (κ3) is 2.18. The maximum atomic E-state index is 6.65. The van der Waals surface area contributed by atoms with Gasteiger partial charge in [-0.1, -0.05) is 97.1 Å². The second kappa shape index (κ2) is 6.14. The van der Waals surface area contributed by atoms with Crippen LogP contribution in [0.2, 0.25) is 0 Å². The van der Waals surface area contributed by atoms with E-state index in [4.69, 9.17) is 5.73 Å². The van der Waals surface area contributed by atoms with Crippen LogP contribution in [0.4, 0.5) is 5.69 Å². The Morgan fingerprint density at radius 2 is 1.37 bits per heavy atom. The number of nitrogens with two attached hydrogens (primary N) is 1. The van der Waals surface area contributed by atoms with Gasteiger partial charge >= 0.3 is 0 Å². The van der Waals surface area contributed by atoms with Crippen LogP contribution in [-0.4, -0.2) is 0 Å². The number of rotatable bonds is 2. The first-order chi connectivity index (χ1) is 13.3. The van der Waals surface area contributed by atoms with Crippen molar-refractivity contribution in [1.82, 2.24) is 0 Å². The van der Waals surface area contributed by atoms with Gasteiger partial charge in [-0.15, -0.1) is 0 Å². The van der Waals surface area contributed by atoms with Crippen LogP contribution in [0.3, 0.4) is 0 Å². The minimum atomic E-state index is -0.388. The molecule has 0 aliphatic heterocycles. The van der Waals surface area contributed by atoms with Crippen molar-refractivity contribution < 1.29 is 0 Å². The molecule has 0 aromatic heterocycles. The summed E-state index contributed by atoms with van der Waals surface area (Å²) < 4.78 is 0. The maximum Gasteiger partial charge on any atom is 0.0730 e. The van der Waals surface area contributed by atoms with Gasteiger partial charge in [0.2, 0.25) is 0 Å². The monoisotopic (exact) mass is 347 g/mol. The Labute approximate surface area is 160 Å². The van der Waals surface area contributed by atoms with E-state index in [1.54, 1.807) is 0 Å². The molecule has 2 aliphatic carbocycles. The number of hydrogen-bond donors (Lipinski definition) is 1. The first-order valence-electron chi connectivity index (χ1n) is 9.40. The highest BCUT2D eigenvalue weighted by atomic mass is 14.6. The average Bonchev–Trinajstić information content (AvgIpc) is 2.85. The Bertz CT molecular complexity index is 1050.